The molecule has 2 aromatic rings. The molecule has 22 heavy (non-hydrogen) atoms. The monoisotopic (exact) mass is 320 g/mol. The maximum absolute atomic E-state index is 12.2. The number of rotatable bonds is 5. The normalized spacial score (nSPS) is 11.5. The van der Waals surface area contributed by atoms with E-state index in [2.05, 4.69) is 0 Å². The van der Waals surface area contributed by atoms with Crippen LogP contribution in [0.4, 0.5) is 5.69 Å². The second kappa shape index (κ2) is 6.17. The summed E-state index contributed by atoms with van der Waals surface area (Å²) in [5, 5.41) is 8.69. The number of hydrogen-bond donors (Lipinski definition) is 2. The Balaban J connectivity index is 2.30. The van der Waals surface area contributed by atoms with E-state index in [4.69, 9.17) is 10.8 Å². The van der Waals surface area contributed by atoms with Crippen LogP contribution in [0.3, 0.4) is 0 Å². The minimum atomic E-state index is -3.81. The number of likely N-dealkylation sites (N-methyl/N-ethyl adjacent to an activating group) is 1. The first kappa shape index (κ1) is 16.0. The van der Waals surface area contributed by atoms with Crippen LogP contribution in [0.5, 0.6) is 0 Å². The van der Waals surface area contributed by atoms with Crippen LogP contribution in [-0.4, -0.2) is 37.4 Å². The van der Waals surface area contributed by atoms with E-state index in [1.165, 1.54) is 19.2 Å². The van der Waals surface area contributed by atoms with E-state index in [1.54, 1.807) is 24.3 Å². The summed E-state index contributed by atoms with van der Waals surface area (Å²) >= 11 is 0. The molecule has 0 aliphatic rings. The fourth-order valence-corrected chi connectivity index (χ4v) is 3.11. The predicted octanol–water partition coefficient (Wildman–Crippen LogP) is 1.64. The van der Waals surface area contributed by atoms with Gasteiger partial charge in [-0.3, -0.25) is 4.79 Å². The fourth-order valence-electron chi connectivity index (χ4n) is 1.99. The van der Waals surface area contributed by atoms with Crippen molar-refractivity contribution in [2.45, 2.75) is 4.90 Å². The fraction of sp³-hybridized carbons (Fsp3) is 0.133. The molecular formula is C15H16N2O4S. The molecule has 0 heterocycles. The predicted molar refractivity (Wildman–Crippen MR) is 83.7 cm³/mol. The SMILES string of the molecule is CN(CC(=O)O)S(=O)(=O)c1ccc(-c2cccc(N)c2)cc1. The Bertz CT molecular complexity index is 785. The zero-order valence-electron chi connectivity index (χ0n) is 11.9. The molecular weight excluding hydrogens is 304 g/mol. The van der Waals surface area contributed by atoms with Crippen LogP contribution >= 0.6 is 0 Å². The minimum Gasteiger partial charge on any atom is -0.480 e. The molecule has 0 aliphatic heterocycles. The number of aliphatic carboxylic acids is 1. The van der Waals surface area contributed by atoms with Gasteiger partial charge in [0.25, 0.3) is 0 Å². The van der Waals surface area contributed by atoms with Crippen molar-refractivity contribution in [2.24, 2.45) is 0 Å². The van der Waals surface area contributed by atoms with E-state index in [-0.39, 0.29) is 4.90 Å². The lowest BCUT2D eigenvalue weighted by molar-refractivity contribution is -0.137. The molecule has 0 saturated carbocycles. The lowest BCUT2D eigenvalue weighted by atomic mass is 10.1. The Kier molecular flexibility index (Phi) is 4.48. The molecule has 0 aromatic heterocycles. The average Bonchev–Trinajstić information content (AvgIpc) is 2.46. The molecule has 3 N–H and O–H groups in total. The van der Waals surface area contributed by atoms with Crippen molar-refractivity contribution < 1.29 is 18.3 Å². The van der Waals surface area contributed by atoms with Crippen LogP contribution in [0.25, 0.3) is 11.1 Å². The number of sulfonamides is 1. The van der Waals surface area contributed by atoms with E-state index in [9.17, 15) is 13.2 Å². The van der Waals surface area contributed by atoms with E-state index >= 15 is 0 Å². The highest BCUT2D eigenvalue weighted by atomic mass is 32.2. The summed E-state index contributed by atoms with van der Waals surface area (Å²) in [5.41, 5.74) is 8.05. The lowest BCUT2D eigenvalue weighted by Crippen LogP contribution is -2.31. The van der Waals surface area contributed by atoms with Gasteiger partial charge in [-0.1, -0.05) is 24.3 Å². The molecule has 0 saturated heterocycles. The van der Waals surface area contributed by atoms with E-state index in [0.29, 0.717) is 5.69 Å². The van der Waals surface area contributed by atoms with Crippen LogP contribution in [0, 0.1) is 0 Å². The first-order chi connectivity index (χ1) is 10.3. The van der Waals surface area contributed by atoms with Gasteiger partial charge < -0.3 is 10.8 Å². The molecule has 2 rings (SSSR count). The molecule has 0 fully saturated rings. The summed E-state index contributed by atoms with van der Waals surface area (Å²) in [5.74, 6) is -1.21. The summed E-state index contributed by atoms with van der Waals surface area (Å²) in [6.07, 6.45) is 0. The topological polar surface area (TPSA) is 101 Å². The molecule has 0 amide bonds. The van der Waals surface area contributed by atoms with Crippen LogP contribution in [0.2, 0.25) is 0 Å². The maximum atomic E-state index is 12.2. The summed E-state index contributed by atoms with van der Waals surface area (Å²) in [6.45, 7) is -0.584. The molecule has 116 valence electrons. The van der Waals surface area contributed by atoms with Crippen LogP contribution in [0.15, 0.2) is 53.4 Å². The van der Waals surface area contributed by atoms with Crippen molar-refractivity contribution in [3.05, 3.63) is 48.5 Å². The number of carbonyl (C=O) groups is 1. The van der Waals surface area contributed by atoms with Crippen molar-refractivity contribution >= 4 is 21.7 Å². The largest absolute Gasteiger partial charge is 0.480 e. The average molecular weight is 320 g/mol. The summed E-state index contributed by atoms with van der Waals surface area (Å²) < 4.78 is 25.2. The van der Waals surface area contributed by atoms with Gasteiger partial charge >= 0.3 is 5.97 Å². The van der Waals surface area contributed by atoms with Crippen molar-refractivity contribution in [3.63, 3.8) is 0 Å². The number of benzene rings is 2. The van der Waals surface area contributed by atoms with Gasteiger partial charge in [0, 0.05) is 12.7 Å². The Hall–Kier alpha value is -2.38. The molecule has 0 aliphatic carbocycles. The lowest BCUT2D eigenvalue weighted by Gasteiger charge is -2.15. The van der Waals surface area contributed by atoms with Crippen LogP contribution in [0.1, 0.15) is 0 Å². The molecule has 2 aromatic carbocycles. The van der Waals surface area contributed by atoms with E-state index < -0.39 is 22.5 Å². The summed E-state index contributed by atoms with van der Waals surface area (Å²) in [6, 6.07) is 13.5. The summed E-state index contributed by atoms with van der Waals surface area (Å²) in [4.78, 5) is 10.7. The van der Waals surface area contributed by atoms with Crippen LogP contribution < -0.4 is 5.73 Å². The van der Waals surface area contributed by atoms with E-state index in [0.717, 1.165) is 15.4 Å². The molecule has 7 heteroatoms. The number of hydrogen-bond acceptors (Lipinski definition) is 4. The van der Waals surface area contributed by atoms with E-state index in [1.807, 2.05) is 12.1 Å². The highest BCUT2D eigenvalue weighted by molar-refractivity contribution is 7.89. The third-order valence-corrected chi connectivity index (χ3v) is 4.96. The first-order valence-electron chi connectivity index (χ1n) is 6.45. The highest BCUT2D eigenvalue weighted by Gasteiger charge is 2.22. The van der Waals surface area contributed by atoms with Gasteiger partial charge in [0.15, 0.2) is 0 Å². The number of anilines is 1. The Morgan fingerprint density at radius 1 is 1.14 bits per heavy atom. The Labute approximate surface area is 128 Å². The Morgan fingerprint density at radius 2 is 1.77 bits per heavy atom. The second-order valence-corrected chi connectivity index (χ2v) is 6.85. The second-order valence-electron chi connectivity index (χ2n) is 4.80. The molecule has 0 atom stereocenters. The number of carboxylic acids is 1. The van der Waals surface area contributed by atoms with Crippen LogP contribution in [-0.2, 0) is 14.8 Å². The third-order valence-electron chi connectivity index (χ3n) is 3.14. The first-order valence-corrected chi connectivity index (χ1v) is 7.89. The smallest absolute Gasteiger partial charge is 0.318 e. The van der Waals surface area contributed by atoms with Gasteiger partial charge in [-0.15, -0.1) is 0 Å². The number of nitrogens with two attached hydrogens (primary N) is 1. The molecule has 0 spiro atoms. The molecule has 0 unspecified atom stereocenters. The third kappa shape index (κ3) is 3.44. The summed E-state index contributed by atoms with van der Waals surface area (Å²) in [7, 11) is -2.58. The van der Waals surface area contributed by atoms with Gasteiger partial charge in [-0.05, 0) is 35.4 Å². The minimum absolute atomic E-state index is 0.0453. The zero-order chi connectivity index (χ0) is 16.3. The van der Waals surface area contributed by atoms with Crippen molar-refractivity contribution in [1.29, 1.82) is 0 Å². The van der Waals surface area contributed by atoms with Crippen molar-refractivity contribution in [3.8, 4) is 11.1 Å². The number of nitrogens with zero attached hydrogens (tertiary/aromatic N) is 1. The van der Waals surface area contributed by atoms with Crippen molar-refractivity contribution in [1.82, 2.24) is 4.31 Å². The molecule has 0 bridgehead atoms. The number of nitrogen functional groups attached to an aromatic ring is 1. The highest BCUT2D eigenvalue weighted by Crippen LogP contribution is 2.24. The maximum Gasteiger partial charge on any atom is 0.318 e. The van der Waals surface area contributed by atoms with Gasteiger partial charge in [0.2, 0.25) is 10.0 Å². The van der Waals surface area contributed by atoms with Gasteiger partial charge in [-0.25, -0.2) is 8.42 Å². The molecule has 0 radical (unpaired) electrons. The van der Waals surface area contributed by atoms with Crippen molar-refractivity contribution in [2.75, 3.05) is 19.3 Å². The zero-order valence-corrected chi connectivity index (χ0v) is 12.7. The quantitative estimate of drug-likeness (QED) is 0.816. The molecule has 6 nitrogen and oxygen atoms in total. The van der Waals surface area contributed by atoms with Gasteiger partial charge in [0.05, 0.1) is 4.90 Å². The van der Waals surface area contributed by atoms with Gasteiger partial charge in [0.1, 0.15) is 6.54 Å². The number of carboxylic acid groups (broad SMARTS) is 1. The standard InChI is InChI=1S/C15H16N2O4S/c1-17(10-15(18)19)22(20,21)14-7-5-11(6-8-14)12-3-2-4-13(16)9-12/h2-9H,10,16H2,1H3,(H,18,19). The van der Waals surface area contributed by atoms with Gasteiger partial charge in [-0.2, -0.15) is 4.31 Å². The Morgan fingerprint density at radius 3 is 2.32 bits per heavy atom.